The zero-order chi connectivity index (χ0) is 20.4. The largest absolute Gasteiger partial charge is 0.338 e. The normalized spacial score (nSPS) is 16.4. The average Bonchev–Trinajstić information content (AvgIpc) is 3.36. The summed E-state index contributed by atoms with van der Waals surface area (Å²) in [5, 5.41) is 13.1. The molecule has 1 aliphatic rings. The quantitative estimate of drug-likeness (QED) is 0.655. The van der Waals surface area contributed by atoms with Gasteiger partial charge in [-0.2, -0.15) is 10.2 Å². The number of carbonyl (C=O) groups excluding carboxylic acids is 1. The molecule has 1 fully saturated rings. The highest BCUT2D eigenvalue weighted by atomic mass is 16.5. The number of rotatable bonds is 5. The van der Waals surface area contributed by atoms with Crippen LogP contribution in [-0.4, -0.2) is 27.5 Å². The van der Waals surface area contributed by atoms with E-state index in [1.807, 2.05) is 11.0 Å². The number of amides is 1. The summed E-state index contributed by atoms with van der Waals surface area (Å²) in [4.78, 5) is 18.8. The zero-order valence-electron chi connectivity index (χ0n) is 16.5. The number of benzene rings is 2. The Morgan fingerprint density at radius 2 is 2.03 bits per heavy atom. The molecule has 1 aliphatic heterocycles. The Morgan fingerprint density at radius 1 is 1.24 bits per heavy atom. The topological polar surface area (TPSA) is 83.0 Å². The molecule has 2 aromatic carbocycles. The van der Waals surface area contributed by atoms with Gasteiger partial charge in [-0.3, -0.25) is 4.79 Å². The van der Waals surface area contributed by atoms with Crippen LogP contribution in [-0.2, 0) is 11.3 Å². The van der Waals surface area contributed by atoms with Crippen LogP contribution in [0.5, 0.6) is 0 Å². The summed E-state index contributed by atoms with van der Waals surface area (Å²) in [5.74, 6) is 1.40. The third kappa shape index (κ3) is 4.04. The number of nitrogens with zero attached hydrogens (tertiary/aromatic N) is 4. The molecule has 6 heteroatoms. The molecular formula is C23H22N4O2. The first-order chi connectivity index (χ1) is 14.0. The summed E-state index contributed by atoms with van der Waals surface area (Å²) in [6.45, 7) is 5.49. The van der Waals surface area contributed by atoms with Crippen molar-refractivity contribution in [2.24, 2.45) is 0 Å². The van der Waals surface area contributed by atoms with E-state index < -0.39 is 0 Å². The van der Waals surface area contributed by atoms with Gasteiger partial charge in [0, 0.05) is 31.0 Å². The summed E-state index contributed by atoms with van der Waals surface area (Å²) in [6.07, 6.45) is 0.376. The van der Waals surface area contributed by atoms with Gasteiger partial charge in [-0.25, -0.2) is 0 Å². The molecule has 6 nitrogen and oxygen atoms in total. The Kier molecular flexibility index (Phi) is 5.13. The van der Waals surface area contributed by atoms with Crippen LogP contribution in [0.3, 0.4) is 0 Å². The fraction of sp³-hybridized carbons (Fsp3) is 0.304. The molecule has 0 aliphatic carbocycles. The van der Waals surface area contributed by atoms with Crippen molar-refractivity contribution < 1.29 is 9.32 Å². The van der Waals surface area contributed by atoms with Crippen molar-refractivity contribution in [1.82, 2.24) is 15.0 Å². The van der Waals surface area contributed by atoms with Crippen molar-refractivity contribution in [3.63, 3.8) is 0 Å². The van der Waals surface area contributed by atoms with Crippen LogP contribution in [0.1, 0.15) is 54.6 Å². The summed E-state index contributed by atoms with van der Waals surface area (Å²) in [7, 11) is 0. The Morgan fingerprint density at radius 3 is 2.76 bits per heavy atom. The smallest absolute Gasteiger partial charge is 0.257 e. The highest BCUT2D eigenvalue weighted by Gasteiger charge is 2.33. The minimum absolute atomic E-state index is 0.0888. The molecule has 29 heavy (non-hydrogen) atoms. The van der Waals surface area contributed by atoms with Crippen LogP contribution in [0.4, 0.5) is 0 Å². The molecule has 146 valence electrons. The lowest BCUT2D eigenvalue weighted by atomic mass is 10.0. The van der Waals surface area contributed by atoms with Gasteiger partial charge in [0.15, 0.2) is 5.82 Å². The van der Waals surface area contributed by atoms with E-state index in [0.717, 1.165) is 5.56 Å². The van der Waals surface area contributed by atoms with E-state index in [-0.39, 0.29) is 11.8 Å². The Balaban J connectivity index is 1.45. The third-order valence-electron chi connectivity index (χ3n) is 5.28. The maximum absolute atomic E-state index is 12.5. The molecule has 1 unspecified atom stereocenters. The molecule has 4 rings (SSSR count). The second kappa shape index (κ2) is 7.88. The maximum Gasteiger partial charge on any atom is 0.257 e. The van der Waals surface area contributed by atoms with E-state index in [0.29, 0.717) is 48.3 Å². The van der Waals surface area contributed by atoms with Gasteiger partial charge in [-0.05, 0) is 35.2 Å². The second-order valence-corrected chi connectivity index (χ2v) is 7.72. The zero-order valence-corrected chi connectivity index (χ0v) is 16.5. The van der Waals surface area contributed by atoms with Crippen LogP contribution in [0.25, 0.3) is 11.5 Å². The van der Waals surface area contributed by atoms with Crippen molar-refractivity contribution in [3.8, 4) is 17.5 Å². The summed E-state index contributed by atoms with van der Waals surface area (Å²) < 4.78 is 5.39. The molecule has 0 radical (unpaired) electrons. The van der Waals surface area contributed by atoms with Crippen molar-refractivity contribution in [1.29, 1.82) is 5.26 Å². The van der Waals surface area contributed by atoms with E-state index in [2.05, 4.69) is 54.3 Å². The van der Waals surface area contributed by atoms with Gasteiger partial charge >= 0.3 is 0 Å². The summed E-state index contributed by atoms with van der Waals surface area (Å²) in [5.41, 5.74) is 3.65. The van der Waals surface area contributed by atoms with E-state index in [4.69, 9.17) is 9.78 Å². The highest BCUT2D eigenvalue weighted by Crippen LogP contribution is 2.29. The maximum atomic E-state index is 12.5. The predicted molar refractivity (Wildman–Crippen MR) is 108 cm³/mol. The van der Waals surface area contributed by atoms with Crippen LogP contribution in [0.2, 0.25) is 0 Å². The third-order valence-corrected chi connectivity index (χ3v) is 5.28. The predicted octanol–water partition coefficient (Wildman–Crippen LogP) is 4.25. The van der Waals surface area contributed by atoms with Gasteiger partial charge < -0.3 is 9.42 Å². The Labute approximate surface area is 169 Å². The number of hydrogen-bond donors (Lipinski definition) is 0. The van der Waals surface area contributed by atoms with E-state index >= 15 is 0 Å². The van der Waals surface area contributed by atoms with Gasteiger partial charge in [0.2, 0.25) is 5.91 Å². The number of carbonyl (C=O) groups is 1. The fourth-order valence-electron chi connectivity index (χ4n) is 3.57. The standard InChI is InChI=1S/C23H22N4O2/c1-15(2)18-8-6-16(7-9-18)13-27-14-20(11-21(27)28)22-25-23(29-26-22)19-5-3-4-17(10-19)12-24/h3-10,15,20H,11,13-14H2,1-2H3. The fourth-order valence-corrected chi connectivity index (χ4v) is 3.57. The van der Waals surface area contributed by atoms with Crippen LogP contribution >= 0.6 is 0 Å². The monoisotopic (exact) mass is 386 g/mol. The summed E-state index contributed by atoms with van der Waals surface area (Å²) in [6, 6.07) is 17.6. The minimum Gasteiger partial charge on any atom is -0.338 e. The highest BCUT2D eigenvalue weighted by molar-refractivity contribution is 5.79. The number of hydrogen-bond acceptors (Lipinski definition) is 5. The Bertz CT molecular complexity index is 1060. The first-order valence-corrected chi connectivity index (χ1v) is 9.74. The molecule has 0 N–H and O–H groups in total. The molecule has 1 saturated heterocycles. The molecule has 1 amide bonds. The lowest BCUT2D eigenvalue weighted by Crippen LogP contribution is -2.24. The molecule has 3 aromatic rings. The number of likely N-dealkylation sites (tertiary alicyclic amines) is 1. The SMILES string of the molecule is CC(C)c1ccc(CN2CC(c3noc(-c4cccc(C#N)c4)n3)CC2=O)cc1. The summed E-state index contributed by atoms with van der Waals surface area (Å²) >= 11 is 0. The molecule has 0 saturated carbocycles. The first kappa shape index (κ1) is 18.9. The van der Waals surface area contributed by atoms with Crippen LogP contribution in [0.15, 0.2) is 53.1 Å². The van der Waals surface area contributed by atoms with Crippen molar-refractivity contribution >= 4 is 5.91 Å². The second-order valence-electron chi connectivity index (χ2n) is 7.72. The van der Waals surface area contributed by atoms with Gasteiger partial charge in [0.05, 0.1) is 11.6 Å². The molecule has 2 heterocycles. The van der Waals surface area contributed by atoms with Crippen molar-refractivity contribution in [3.05, 3.63) is 71.0 Å². The molecule has 1 aromatic heterocycles. The van der Waals surface area contributed by atoms with E-state index in [1.165, 1.54) is 5.56 Å². The molecule has 1 atom stereocenters. The van der Waals surface area contributed by atoms with E-state index in [1.54, 1.807) is 18.2 Å². The van der Waals surface area contributed by atoms with Crippen molar-refractivity contribution in [2.75, 3.05) is 6.54 Å². The first-order valence-electron chi connectivity index (χ1n) is 9.74. The van der Waals surface area contributed by atoms with Gasteiger partial charge in [-0.1, -0.05) is 49.3 Å². The van der Waals surface area contributed by atoms with Gasteiger partial charge in [-0.15, -0.1) is 0 Å². The van der Waals surface area contributed by atoms with Crippen LogP contribution < -0.4 is 0 Å². The lowest BCUT2D eigenvalue weighted by Gasteiger charge is -2.16. The lowest BCUT2D eigenvalue weighted by molar-refractivity contribution is -0.128. The van der Waals surface area contributed by atoms with Gasteiger partial charge in [0.1, 0.15) is 0 Å². The van der Waals surface area contributed by atoms with Crippen LogP contribution in [0, 0.1) is 11.3 Å². The van der Waals surface area contributed by atoms with Gasteiger partial charge in [0.25, 0.3) is 5.89 Å². The minimum atomic E-state index is -0.0888. The molecule has 0 bridgehead atoms. The number of aromatic nitrogens is 2. The number of nitriles is 1. The average molecular weight is 386 g/mol. The van der Waals surface area contributed by atoms with E-state index in [9.17, 15) is 4.79 Å². The van der Waals surface area contributed by atoms with Crippen molar-refractivity contribution in [2.45, 2.75) is 38.6 Å². The Hall–Kier alpha value is -3.46. The molecular weight excluding hydrogens is 364 g/mol. The molecule has 0 spiro atoms.